The van der Waals surface area contributed by atoms with E-state index < -0.39 is 0 Å². The lowest BCUT2D eigenvalue weighted by Gasteiger charge is -2.05. The number of aromatic nitrogens is 2. The molecule has 0 amide bonds. The van der Waals surface area contributed by atoms with E-state index in [1.54, 1.807) is 6.20 Å². The normalized spacial score (nSPS) is 12.9. The Morgan fingerprint density at radius 3 is 3.00 bits per heavy atom. The zero-order valence-electron chi connectivity index (χ0n) is 8.82. The monoisotopic (exact) mass is 302 g/mol. The highest BCUT2D eigenvalue weighted by Gasteiger charge is 2.08. The molecule has 0 fully saturated rings. The first kappa shape index (κ1) is 13.1. The molecule has 1 aromatic heterocycles. The Hall–Kier alpha value is -0.940. The van der Waals surface area contributed by atoms with E-state index in [-0.39, 0.29) is 0 Å². The smallest absolute Gasteiger partial charge is 0.135 e. The van der Waals surface area contributed by atoms with Gasteiger partial charge in [-0.25, -0.2) is 9.97 Å². The average Bonchev–Trinajstić information content (AvgIpc) is 2.28. The van der Waals surface area contributed by atoms with Gasteiger partial charge in [0.1, 0.15) is 16.1 Å². The van der Waals surface area contributed by atoms with Crippen molar-refractivity contribution in [2.24, 2.45) is 10.7 Å². The zero-order valence-corrected chi connectivity index (χ0v) is 11.2. The number of allylic oxidation sites excluding steroid dienone is 1. The van der Waals surface area contributed by atoms with Crippen LogP contribution in [0.15, 0.2) is 29.3 Å². The van der Waals surface area contributed by atoms with Gasteiger partial charge in [-0.05, 0) is 22.9 Å². The highest BCUT2D eigenvalue weighted by Crippen LogP contribution is 2.17. The molecule has 0 radical (unpaired) electrons. The van der Waals surface area contributed by atoms with E-state index in [2.05, 4.69) is 30.9 Å². The van der Waals surface area contributed by atoms with Gasteiger partial charge in [0.05, 0.1) is 0 Å². The molecule has 0 bridgehead atoms. The first-order chi connectivity index (χ1) is 7.69. The van der Waals surface area contributed by atoms with E-state index in [0.29, 0.717) is 18.1 Å². The van der Waals surface area contributed by atoms with Crippen molar-refractivity contribution in [1.29, 1.82) is 0 Å². The Labute approximate surface area is 108 Å². The summed E-state index contributed by atoms with van der Waals surface area (Å²) >= 11 is 9.30. The second-order valence-electron chi connectivity index (χ2n) is 2.97. The van der Waals surface area contributed by atoms with E-state index >= 15 is 0 Å². The van der Waals surface area contributed by atoms with Crippen LogP contribution < -0.4 is 5.73 Å². The van der Waals surface area contributed by atoms with Gasteiger partial charge in [-0.3, -0.25) is 4.99 Å². The molecule has 0 saturated heterocycles. The fourth-order valence-corrected chi connectivity index (χ4v) is 1.79. The molecule has 2 N–H and O–H groups in total. The van der Waals surface area contributed by atoms with Gasteiger partial charge in [0.15, 0.2) is 0 Å². The maximum Gasteiger partial charge on any atom is 0.135 e. The quantitative estimate of drug-likeness (QED) is 0.686. The van der Waals surface area contributed by atoms with E-state index in [1.165, 1.54) is 12.5 Å². The van der Waals surface area contributed by atoms with Crippen LogP contribution >= 0.6 is 27.5 Å². The molecule has 0 spiro atoms. The van der Waals surface area contributed by atoms with Crippen LogP contribution in [0.4, 0.5) is 0 Å². The molecular weight excluding hydrogens is 291 g/mol. The van der Waals surface area contributed by atoms with Crippen LogP contribution in [-0.4, -0.2) is 21.1 Å². The first-order valence-corrected chi connectivity index (χ1v) is 5.91. The third-order valence-corrected chi connectivity index (χ3v) is 2.98. The van der Waals surface area contributed by atoms with Crippen LogP contribution in [0, 0.1) is 0 Å². The zero-order chi connectivity index (χ0) is 12.0. The van der Waals surface area contributed by atoms with Crippen molar-refractivity contribution in [3.05, 3.63) is 35.0 Å². The van der Waals surface area contributed by atoms with E-state index in [1.807, 2.05) is 6.92 Å². The van der Waals surface area contributed by atoms with Crippen molar-refractivity contribution in [2.45, 2.75) is 13.3 Å². The number of hydrogen-bond acceptors (Lipinski definition) is 4. The number of nitrogens with zero attached hydrogens (tertiary/aromatic N) is 3. The summed E-state index contributed by atoms with van der Waals surface area (Å²) in [5.41, 5.74) is 7.23. The summed E-state index contributed by atoms with van der Waals surface area (Å²) in [5, 5.41) is 0.436. The lowest BCUT2D eigenvalue weighted by Crippen LogP contribution is -2.03. The van der Waals surface area contributed by atoms with E-state index in [9.17, 15) is 0 Å². The van der Waals surface area contributed by atoms with Gasteiger partial charge in [0.25, 0.3) is 0 Å². The Morgan fingerprint density at radius 2 is 2.44 bits per heavy atom. The fourth-order valence-electron chi connectivity index (χ4n) is 1.11. The molecule has 86 valence electrons. The van der Waals surface area contributed by atoms with Gasteiger partial charge < -0.3 is 5.73 Å². The Balaban J connectivity index is 2.88. The number of hydrogen-bond donors (Lipinski definition) is 1. The number of nitrogens with two attached hydrogens (primary N) is 1. The number of rotatable bonds is 4. The van der Waals surface area contributed by atoms with Gasteiger partial charge in [-0.1, -0.05) is 11.6 Å². The van der Waals surface area contributed by atoms with Crippen molar-refractivity contribution in [3.8, 4) is 0 Å². The van der Waals surface area contributed by atoms with Crippen molar-refractivity contribution in [3.63, 3.8) is 0 Å². The Morgan fingerprint density at radius 1 is 1.69 bits per heavy atom. The molecular formula is C10H12BrClN4. The highest BCUT2D eigenvalue weighted by molar-refractivity contribution is 9.18. The molecule has 1 aromatic rings. The minimum Gasteiger partial charge on any atom is -0.404 e. The summed E-state index contributed by atoms with van der Waals surface area (Å²) < 4.78 is 0.734. The van der Waals surface area contributed by atoms with Crippen LogP contribution in [0.5, 0.6) is 0 Å². The van der Waals surface area contributed by atoms with Gasteiger partial charge in [0, 0.05) is 36.5 Å². The van der Waals surface area contributed by atoms with E-state index in [0.717, 1.165) is 15.8 Å². The van der Waals surface area contributed by atoms with Crippen molar-refractivity contribution in [2.75, 3.05) is 6.54 Å². The predicted molar refractivity (Wildman–Crippen MR) is 69.9 cm³/mol. The highest BCUT2D eigenvalue weighted by atomic mass is 79.9. The second-order valence-corrected chi connectivity index (χ2v) is 4.08. The summed E-state index contributed by atoms with van der Waals surface area (Å²) in [5.74, 6) is 0. The van der Waals surface area contributed by atoms with Crippen molar-refractivity contribution >= 4 is 32.2 Å². The standard InChI is InChI=1S/C10H12BrClN4/c1-2-15-9(11)7(4-13)3-8-5-14-6-16-10(8)12/h4-6H,2-3,13H2,1H3. The van der Waals surface area contributed by atoms with Crippen LogP contribution in [0.2, 0.25) is 5.15 Å². The van der Waals surface area contributed by atoms with Gasteiger partial charge in [0.2, 0.25) is 0 Å². The predicted octanol–water partition coefficient (Wildman–Crippen LogP) is 2.33. The molecule has 0 aliphatic carbocycles. The van der Waals surface area contributed by atoms with Crippen LogP contribution in [-0.2, 0) is 6.42 Å². The molecule has 0 aliphatic rings. The molecule has 0 aliphatic heterocycles. The molecule has 0 saturated carbocycles. The average molecular weight is 304 g/mol. The summed E-state index contributed by atoms with van der Waals surface area (Å²) in [6.07, 6.45) is 5.14. The topological polar surface area (TPSA) is 64.2 Å². The van der Waals surface area contributed by atoms with Crippen molar-refractivity contribution < 1.29 is 0 Å². The Bertz CT molecular complexity index is 417. The SMILES string of the molecule is CCN=C(Br)C(=CN)Cc1cncnc1Cl. The van der Waals surface area contributed by atoms with Gasteiger partial charge >= 0.3 is 0 Å². The van der Waals surface area contributed by atoms with E-state index in [4.69, 9.17) is 17.3 Å². The Kier molecular flexibility index (Phi) is 5.42. The summed E-state index contributed by atoms with van der Waals surface area (Å²) in [7, 11) is 0. The lowest BCUT2D eigenvalue weighted by atomic mass is 10.1. The van der Waals surface area contributed by atoms with Crippen molar-refractivity contribution in [1.82, 2.24) is 9.97 Å². The largest absolute Gasteiger partial charge is 0.404 e. The fraction of sp³-hybridized carbons (Fsp3) is 0.300. The maximum absolute atomic E-state index is 5.93. The molecule has 4 nitrogen and oxygen atoms in total. The van der Waals surface area contributed by atoms with Crippen LogP contribution in [0.25, 0.3) is 0 Å². The van der Waals surface area contributed by atoms with Gasteiger partial charge in [-0.15, -0.1) is 0 Å². The molecule has 1 rings (SSSR count). The van der Waals surface area contributed by atoms with Gasteiger partial charge in [-0.2, -0.15) is 0 Å². The third kappa shape index (κ3) is 3.57. The molecule has 0 atom stereocenters. The summed E-state index contributed by atoms with van der Waals surface area (Å²) in [6.45, 7) is 2.64. The second kappa shape index (κ2) is 6.60. The summed E-state index contributed by atoms with van der Waals surface area (Å²) in [4.78, 5) is 12.0. The molecule has 0 aromatic carbocycles. The maximum atomic E-state index is 5.93. The van der Waals surface area contributed by atoms with Crippen LogP contribution in [0.1, 0.15) is 12.5 Å². The minimum atomic E-state index is 0.436. The molecule has 1 heterocycles. The minimum absolute atomic E-state index is 0.436. The number of halogens is 2. The third-order valence-electron chi connectivity index (χ3n) is 1.88. The first-order valence-electron chi connectivity index (χ1n) is 4.74. The molecule has 6 heteroatoms. The van der Waals surface area contributed by atoms with Crippen LogP contribution in [0.3, 0.4) is 0 Å². The number of aliphatic imine (C=N–C) groups is 1. The molecule has 0 unspecified atom stereocenters. The summed E-state index contributed by atoms with van der Waals surface area (Å²) in [6, 6.07) is 0. The molecule has 16 heavy (non-hydrogen) atoms. The lowest BCUT2D eigenvalue weighted by molar-refractivity contribution is 1.07.